The van der Waals surface area contributed by atoms with Gasteiger partial charge < -0.3 is 24.0 Å². The number of hydrogen-bond acceptors (Lipinski definition) is 8. The van der Waals surface area contributed by atoms with Crippen LogP contribution in [0, 0.1) is 0 Å². The number of ether oxygens (including phenoxy) is 3. The Bertz CT molecular complexity index is 1590. The fourth-order valence-corrected chi connectivity index (χ4v) is 4.84. The first-order chi connectivity index (χ1) is 23.6. The largest absolute Gasteiger partial charge is 0.464 e. The number of rotatable bonds is 16. The van der Waals surface area contributed by atoms with Crippen LogP contribution in [0.3, 0.4) is 0 Å². The van der Waals surface area contributed by atoms with E-state index in [-0.39, 0.29) is 23.6 Å². The van der Waals surface area contributed by atoms with Gasteiger partial charge in [0.15, 0.2) is 5.78 Å². The van der Waals surface area contributed by atoms with E-state index in [0.29, 0.717) is 30.1 Å². The van der Waals surface area contributed by atoms with Crippen molar-refractivity contribution in [1.29, 1.82) is 0 Å². The Morgan fingerprint density at radius 3 is 1.65 bits per heavy atom. The van der Waals surface area contributed by atoms with Crippen molar-refractivity contribution in [3.05, 3.63) is 131 Å². The first-order valence-electron chi connectivity index (χ1n) is 16.9. The van der Waals surface area contributed by atoms with Gasteiger partial charge in [-0.2, -0.15) is 0 Å². The molecule has 2 unspecified atom stereocenters. The molecule has 0 amide bonds. The molecule has 260 valence electrons. The Morgan fingerprint density at radius 2 is 1.08 bits per heavy atom. The maximum absolute atomic E-state index is 12.6. The van der Waals surface area contributed by atoms with Crippen LogP contribution in [0.15, 0.2) is 109 Å². The number of esters is 2. The van der Waals surface area contributed by atoms with Crippen molar-refractivity contribution in [2.45, 2.75) is 39.5 Å². The molecule has 0 aliphatic rings. The highest BCUT2D eigenvalue weighted by Crippen LogP contribution is 2.26. The minimum Gasteiger partial charge on any atom is -0.464 e. The highest BCUT2D eigenvalue weighted by molar-refractivity contribution is 6.09. The van der Waals surface area contributed by atoms with Crippen molar-refractivity contribution in [3.63, 3.8) is 0 Å². The SMILES string of the molecule is CC(C(=O)OCCN(C)C)c1cccc(Oc2ccccc2)c1.CCN(CC)CCOC(=O)C(C)c1cccc(C(=O)c2ccccc2)c1. The lowest BCUT2D eigenvalue weighted by Gasteiger charge is -2.18. The van der Waals surface area contributed by atoms with Gasteiger partial charge in [-0.25, -0.2) is 0 Å². The van der Waals surface area contributed by atoms with Gasteiger partial charge in [0.2, 0.25) is 0 Å². The minimum absolute atomic E-state index is 0.0467. The average molecular weight is 667 g/mol. The molecule has 49 heavy (non-hydrogen) atoms. The Hall–Kier alpha value is -4.79. The number of carbonyl (C=O) groups excluding carboxylic acids is 3. The van der Waals surface area contributed by atoms with Crippen molar-refractivity contribution < 1.29 is 28.6 Å². The molecule has 0 aliphatic carbocycles. The fourth-order valence-electron chi connectivity index (χ4n) is 4.84. The smallest absolute Gasteiger partial charge is 0.313 e. The molecule has 0 aliphatic heterocycles. The van der Waals surface area contributed by atoms with Gasteiger partial charge in [0, 0.05) is 24.2 Å². The zero-order valence-electron chi connectivity index (χ0n) is 29.6. The summed E-state index contributed by atoms with van der Waals surface area (Å²) >= 11 is 0. The third-order valence-corrected chi connectivity index (χ3v) is 8.06. The van der Waals surface area contributed by atoms with Crippen LogP contribution in [-0.4, -0.2) is 81.0 Å². The summed E-state index contributed by atoms with van der Waals surface area (Å²) in [5.74, 6) is 0.221. The molecule has 4 rings (SSSR count). The van der Waals surface area contributed by atoms with Gasteiger partial charge in [-0.1, -0.05) is 92.7 Å². The Balaban J connectivity index is 0.000000267. The molecule has 0 aromatic heterocycles. The van der Waals surface area contributed by atoms with E-state index >= 15 is 0 Å². The zero-order valence-corrected chi connectivity index (χ0v) is 29.6. The van der Waals surface area contributed by atoms with E-state index in [9.17, 15) is 14.4 Å². The van der Waals surface area contributed by atoms with Gasteiger partial charge in [0.1, 0.15) is 24.7 Å². The average Bonchev–Trinajstić information content (AvgIpc) is 3.13. The Labute approximate surface area is 291 Å². The van der Waals surface area contributed by atoms with E-state index in [4.69, 9.17) is 14.2 Å². The van der Waals surface area contributed by atoms with E-state index < -0.39 is 5.92 Å². The lowest BCUT2D eigenvalue weighted by molar-refractivity contribution is -0.146. The highest BCUT2D eigenvalue weighted by atomic mass is 16.5. The molecule has 4 aromatic rings. The summed E-state index contributed by atoms with van der Waals surface area (Å²) in [6.45, 7) is 11.9. The Kier molecular flexibility index (Phi) is 16.2. The first-order valence-corrected chi connectivity index (χ1v) is 16.9. The van der Waals surface area contributed by atoms with Gasteiger partial charge in [0.25, 0.3) is 0 Å². The Morgan fingerprint density at radius 1 is 0.592 bits per heavy atom. The number of hydrogen-bond donors (Lipinski definition) is 0. The number of ketones is 1. The van der Waals surface area contributed by atoms with E-state index in [0.717, 1.165) is 43.1 Å². The zero-order chi connectivity index (χ0) is 35.6. The van der Waals surface area contributed by atoms with Gasteiger partial charge in [0.05, 0.1) is 11.8 Å². The second kappa shape index (κ2) is 20.5. The van der Waals surface area contributed by atoms with Gasteiger partial charge in [-0.15, -0.1) is 0 Å². The molecular formula is C41H50N2O6. The standard InChI is InChI=1S/C22H27NO3.C19H23NO3/c1-4-23(5-2)14-15-26-22(25)17(3)19-12-9-13-20(16-19)21(24)18-10-7-6-8-11-18;1-15(19(21)22-13-12-20(2)3)16-8-7-11-18(14-16)23-17-9-5-4-6-10-17/h6-13,16-17H,4-5,14-15H2,1-3H3;4-11,14-15H,12-13H2,1-3H3. The van der Waals surface area contributed by atoms with Crippen LogP contribution in [-0.2, 0) is 19.1 Å². The molecule has 2 atom stereocenters. The fraction of sp³-hybridized carbons (Fsp3) is 0.341. The monoisotopic (exact) mass is 666 g/mol. The molecule has 0 heterocycles. The molecule has 0 bridgehead atoms. The molecule has 8 nitrogen and oxygen atoms in total. The lowest BCUT2D eigenvalue weighted by atomic mass is 9.96. The molecule has 0 radical (unpaired) electrons. The van der Waals surface area contributed by atoms with Gasteiger partial charge in [-0.3, -0.25) is 14.4 Å². The number of carbonyl (C=O) groups is 3. The van der Waals surface area contributed by atoms with E-state index in [1.807, 2.05) is 118 Å². The van der Waals surface area contributed by atoms with Crippen LogP contribution in [0.25, 0.3) is 0 Å². The van der Waals surface area contributed by atoms with E-state index in [1.165, 1.54) is 0 Å². The van der Waals surface area contributed by atoms with Crippen molar-refractivity contribution >= 4 is 17.7 Å². The second-order valence-corrected chi connectivity index (χ2v) is 11.9. The van der Waals surface area contributed by atoms with Crippen LogP contribution in [0.2, 0.25) is 0 Å². The first kappa shape index (κ1) is 38.7. The summed E-state index contributed by atoms with van der Waals surface area (Å²) in [5, 5.41) is 0. The van der Waals surface area contributed by atoms with Crippen molar-refractivity contribution in [2.24, 2.45) is 0 Å². The number of para-hydroxylation sites is 1. The van der Waals surface area contributed by atoms with Crippen molar-refractivity contribution in [1.82, 2.24) is 9.80 Å². The van der Waals surface area contributed by atoms with E-state index in [1.54, 1.807) is 24.3 Å². The second-order valence-electron chi connectivity index (χ2n) is 11.9. The molecular weight excluding hydrogens is 616 g/mol. The molecule has 8 heteroatoms. The number of likely N-dealkylation sites (N-methyl/N-ethyl adjacent to an activating group) is 2. The van der Waals surface area contributed by atoms with Gasteiger partial charge in [-0.05, 0) is 82.5 Å². The van der Waals surface area contributed by atoms with Crippen LogP contribution < -0.4 is 4.74 Å². The predicted molar refractivity (Wildman–Crippen MR) is 194 cm³/mol. The molecule has 4 aromatic carbocycles. The highest BCUT2D eigenvalue weighted by Gasteiger charge is 2.19. The third kappa shape index (κ3) is 13.0. The summed E-state index contributed by atoms with van der Waals surface area (Å²) in [5.41, 5.74) is 2.89. The maximum atomic E-state index is 12.6. The molecule has 0 N–H and O–H groups in total. The molecule has 0 saturated carbocycles. The van der Waals surface area contributed by atoms with Crippen LogP contribution in [0.1, 0.15) is 66.6 Å². The van der Waals surface area contributed by atoms with Crippen molar-refractivity contribution in [2.75, 3.05) is 53.5 Å². The van der Waals surface area contributed by atoms with Crippen LogP contribution in [0.4, 0.5) is 0 Å². The van der Waals surface area contributed by atoms with E-state index in [2.05, 4.69) is 18.7 Å². The summed E-state index contributed by atoms with van der Waals surface area (Å²) < 4.78 is 16.5. The molecule has 0 spiro atoms. The number of benzene rings is 4. The van der Waals surface area contributed by atoms with Crippen LogP contribution in [0.5, 0.6) is 11.5 Å². The maximum Gasteiger partial charge on any atom is 0.313 e. The summed E-state index contributed by atoms with van der Waals surface area (Å²) in [4.78, 5) is 41.2. The molecule has 0 saturated heterocycles. The number of nitrogens with zero attached hydrogens (tertiary/aromatic N) is 2. The predicted octanol–water partition coefficient (Wildman–Crippen LogP) is 7.59. The summed E-state index contributed by atoms with van der Waals surface area (Å²) in [6.07, 6.45) is 0. The van der Waals surface area contributed by atoms with Crippen molar-refractivity contribution in [3.8, 4) is 11.5 Å². The minimum atomic E-state index is -0.407. The summed E-state index contributed by atoms with van der Waals surface area (Å²) in [7, 11) is 3.89. The quantitative estimate of drug-likeness (QED) is 0.0894. The molecule has 0 fully saturated rings. The summed E-state index contributed by atoms with van der Waals surface area (Å²) in [6, 6.07) is 33.5. The van der Waals surface area contributed by atoms with Crippen LogP contribution >= 0.6 is 0 Å². The lowest BCUT2D eigenvalue weighted by Crippen LogP contribution is -2.28. The third-order valence-electron chi connectivity index (χ3n) is 8.06. The normalized spacial score (nSPS) is 12.0. The topological polar surface area (TPSA) is 85.4 Å². The van der Waals surface area contributed by atoms with Gasteiger partial charge >= 0.3 is 11.9 Å².